The zero-order valence-electron chi connectivity index (χ0n) is 11.6. The van der Waals surface area contributed by atoms with E-state index < -0.39 is 12.6 Å². The molecule has 1 aromatic rings. The molecule has 21 heavy (non-hydrogen) atoms. The minimum Gasteiger partial charge on any atom is -0.480 e. The molecule has 1 unspecified atom stereocenters. The van der Waals surface area contributed by atoms with E-state index in [1.165, 1.54) is 0 Å². The molecule has 1 saturated heterocycles. The van der Waals surface area contributed by atoms with E-state index >= 15 is 0 Å². The number of likely N-dealkylation sites (tertiary alicyclic amines) is 1. The molecule has 1 aliphatic rings. The van der Waals surface area contributed by atoms with Crippen molar-refractivity contribution in [3.05, 3.63) is 24.3 Å². The second-order valence-corrected chi connectivity index (χ2v) is 4.95. The summed E-state index contributed by atoms with van der Waals surface area (Å²) >= 11 is 0. The van der Waals surface area contributed by atoms with Gasteiger partial charge < -0.3 is 25.8 Å². The number of ether oxygens (including phenoxy) is 1. The molecule has 0 bridgehead atoms. The van der Waals surface area contributed by atoms with Crippen LogP contribution in [0.2, 0.25) is 0 Å². The molecule has 1 fully saturated rings. The van der Waals surface area contributed by atoms with Gasteiger partial charge in [0.05, 0.1) is 5.69 Å². The molecule has 0 radical (unpaired) electrons. The molecule has 7 heteroatoms. The highest BCUT2D eigenvalue weighted by molar-refractivity contribution is 5.91. The van der Waals surface area contributed by atoms with Crippen LogP contribution in [0.5, 0.6) is 5.75 Å². The van der Waals surface area contributed by atoms with Crippen LogP contribution in [0.15, 0.2) is 24.3 Å². The molecule has 0 spiro atoms. The summed E-state index contributed by atoms with van der Waals surface area (Å²) in [6, 6.07) is 6.53. The summed E-state index contributed by atoms with van der Waals surface area (Å²) in [5.41, 5.74) is 6.07. The topological polar surface area (TPSA) is 105 Å². The number of hydrogen-bond donors (Lipinski definition) is 3. The first-order chi connectivity index (χ1) is 10.1. The minimum absolute atomic E-state index is 0.225. The lowest BCUT2D eigenvalue weighted by Crippen LogP contribution is -2.33. The summed E-state index contributed by atoms with van der Waals surface area (Å²) in [5.74, 6) is -0.390. The van der Waals surface area contributed by atoms with Crippen LogP contribution in [0, 0.1) is 5.92 Å². The first-order valence-corrected chi connectivity index (χ1v) is 6.79. The second kappa shape index (κ2) is 6.94. The van der Waals surface area contributed by atoms with Crippen molar-refractivity contribution in [1.82, 2.24) is 4.90 Å². The number of carboxylic acids is 1. The van der Waals surface area contributed by atoms with Gasteiger partial charge in [0.2, 0.25) is 0 Å². The van der Waals surface area contributed by atoms with Crippen LogP contribution in [0.25, 0.3) is 0 Å². The number of hydrogen-bond acceptors (Lipinski definition) is 4. The smallest absolute Gasteiger partial charge is 0.341 e. The highest BCUT2D eigenvalue weighted by Gasteiger charge is 2.25. The minimum atomic E-state index is -1.07. The standard InChI is InChI=1S/C14H19N3O4/c15-7-10-5-6-17(8-10)14(20)16-11-3-1-2-4-12(11)21-9-13(18)19/h1-4,10H,5-9,15H2,(H,16,20)(H,18,19). The lowest BCUT2D eigenvalue weighted by atomic mass is 10.1. The van der Waals surface area contributed by atoms with Crippen LogP contribution in [-0.2, 0) is 4.79 Å². The Bertz CT molecular complexity index is 521. The number of aliphatic carboxylic acids is 1. The molecule has 7 nitrogen and oxygen atoms in total. The molecule has 1 aliphatic heterocycles. The predicted octanol–water partition coefficient (Wildman–Crippen LogP) is 0.963. The Morgan fingerprint density at radius 1 is 1.43 bits per heavy atom. The van der Waals surface area contributed by atoms with Crippen molar-refractivity contribution in [1.29, 1.82) is 0 Å². The third-order valence-electron chi connectivity index (χ3n) is 3.39. The van der Waals surface area contributed by atoms with Crippen LogP contribution in [0.3, 0.4) is 0 Å². The summed E-state index contributed by atoms with van der Waals surface area (Å²) in [7, 11) is 0. The molecule has 0 aromatic heterocycles. The number of nitrogens with two attached hydrogens (primary N) is 1. The number of para-hydroxylation sites is 2. The maximum absolute atomic E-state index is 12.2. The number of rotatable bonds is 5. The predicted molar refractivity (Wildman–Crippen MR) is 77.3 cm³/mol. The number of nitrogens with zero attached hydrogens (tertiary/aromatic N) is 1. The highest BCUT2D eigenvalue weighted by atomic mass is 16.5. The third kappa shape index (κ3) is 4.09. The Morgan fingerprint density at radius 3 is 2.86 bits per heavy atom. The molecule has 114 valence electrons. The maximum atomic E-state index is 12.2. The summed E-state index contributed by atoms with van der Waals surface area (Å²) in [5, 5.41) is 11.4. The van der Waals surface area contributed by atoms with Gasteiger partial charge in [-0.1, -0.05) is 12.1 Å². The van der Waals surface area contributed by atoms with E-state index in [0.717, 1.165) is 6.42 Å². The van der Waals surface area contributed by atoms with Gasteiger partial charge in [-0.05, 0) is 31.0 Å². The summed E-state index contributed by atoms with van der Waals surface area (Å²) in [6.07, 6.45) is 0.904. The number of benzene rings is 1. The van der Waals surface area contributed by atoms with E-state index in [9.17, 15) is 9.59 Å². The van der Waals surface area contributed by atoms with Crippen molar-refractivity contribution in [2.45, 2.75) is 6.42 Å². The molecule has 0 saturated carbocycles. The monoisotopic (exact) mass is 293 g/mol. The quantitative estimate of drug-likeness (QED) is 0.750. The first-order valence-electron chi connectivity index (χ1n) is 6.79. The maximum Gasteiger partial charge on any atom is 0.341 e. The number of amides is 2. The average Bonchev–Trinajstić information content (AvgIpc) is 2.95. The van der Waals surface area contributed by atoms with Gasteiger partial charge >= 0.3 is 12.0 Å². The largest absolute Gasteiger partial charge is 0.480 e. The van der Waals surface area contributed by atoms with Gasteiger partial charge in [-0.25, -0.2) is 9.59 Å². The molecule has 0 aliphatic carbocycles. The number of nitrogens with one attached hydrogen (secondary N) is 1. The van der Waals surface area contributed by atoms with Gasteiger partial charge in [0.25, 0.3) is 0 Å². The Labute approximate surface area is 122 Å². The Hall–Kier alpha value is -2.28. The van der Waals surface area contributed by atoms with Crippen molar-refractivity contribution in [3.8, 4) is 5.75 Å². The van der Waals surface area contributed by atoms with Crippen LogP contribution < -0.4 is 15.8 Å². The second-order valence-electron chi connectivity index (χ2n) is 4.95. The van der Waals surface area contributed by atoms with Gasteiger partial charge in [0.15, 0.2) is 6.61 Å². The fourth-order valence-corrected chi connectivity index (χ4v) is 2.24. The fourth-order valence-electron chi connectivity index (χ4n) is 2.24. The van der Waals surface area contributed by atoms with E-state index in [-0.39, 0.29) is 6.03 Å². The molecular weight excluding hydrogens is 274 g/mol. The zero-order chi connectivity index (χ0) is 15.2. The van der Waals surface area contributed by atoms with Crippen molar-refractivity contribution in [3.63, 3.8) is 0 Å². The summed E-state index contributed by atoms with van der Waals surface area (Å²) in [6.45, 7) is 1.43. The molecule has 1 atom stereocenters. The van der Waals surface area contributed by atoms with Gasteiger partial charge in [0, 0.05) is 13.1 Å². The number of anilines is 1. The first kappa shape index (κ1) is 15.1. The van der Waals surface area contributed by atoms with Gasteiger partial charge in [-0.2, -0.15) is 0 Å². The number of carbonyl (C=O) groups excluding carboxylic acids is 1. The SMILES string of the molecule is NCC1CCN(C(=O)Nc2ccccc2OCC(=O)O)C1. The Balaban J connectivity index is 1.99. The Kier molecular flexibility index (Phi) is 4.99. The average molecular weight is 293 g/mol. The number of urea groups is 1. The highest BCUT2D eigenvalue weighted by Crippen LogP contribution is 2.25. The van der Waals surface area contributed by atoms with Crippen LogP contribution in [0.1, 0.15) is 6.42 Å². The number of carbonyl (C=O) groups is 2. The van der Waals surface area contributed by atoms with Crippen LogP contribution in [0.4, 0.5) is 10.5 Å². The van der Waals surface area contributed by atoms with E-state index in [2.05, 4.69) is 5.32 Å². The number of carboxylic acid groups (broad SMARTS) is 1. The molecule has 2 amide bonds. The fraction of sp³-hybridized carbons (Fsp3) is 0.429. The van der Waals surface area contributed by atoms with Crippen molar-refractivity contribution >= 4 is 17.7 Å². The molecule has 4 N–H and O–H groups in total. The third-order valence-corrected chi connectivity index (χ3v) is 3.39. The Morgan fingerprint density at radius 2 is 2.19 bits per heavy atom. The van der Waals surface area contributed by atoms with Crippen LogP contribution >= 0.6 is 0 Å². The normalized spacial score (nSPS) is 17.6. The molecular formula is C14H19N3O4. The van der Waals surface area contributed by atoms with Gasteiger partial charge in [-0.3, -0.25) is 0 Å². The zero-order valence-corrected chi connectivity index (χ0v) is 11.6. The molecule has 1 aromatic carbocycles. The van der Waals surface area contributed by atoms with E-state index in [1.807, 2.05) is 0 Å². The van der Waals surface area contributed by atoms with Gasteiger partial charge in [0.1, 0.15) is 5.75 Å². The van der Waals surface area contributed by atoms with Crippen molar-refractivity contribution in [2.75, 3.05) is 31.6 Å². The lowest BCUT2D eigenvalue weighted by molar-refractivity contribution is -0.139. The van der Waals surface area contributed by atoms with E-state index in [1.54, 1.807) is 29.2 Å². The lowest BCUT2D eigenvalue weighted by Gasteiger charge is -2.18. The van der Waals surface area contributed by atoms with E-state index in [4.69, 9.17) is 15.6 Å². The summed E-state index contributed by atoms with van der Waals surface area (Å²) < 4.78 is 5.15. The molecule has 1 heterocycles. The van der Waals surface area contributed by atoms with Crippen molar-refractivity contribution < 1.29 is 19.4 Å². The van der Waals surface area contributed by atoms with E-state index in [0.29, 0.717) is 37.0 Å². The summed E-state index contributed by atoms with van der Waals surface area (Å²) in [4.78, 5) is 24.4. The van der Waals surface area contributed by atoms with Gasteiger partial charge in [-0.15, -0.1) is 0 Å². The van der Waals surface area contributed by atoms with Crippen LogP contribution in [-0.4, -0.2) is 48.2 Å². The van der Waals surface area contributed by atoms with Crippen molar-refractivity contribution in [2.24, 2.45) is 11.7 Å². The molecule has 2 rings (SSSR count).